The van der Waals surface area contributed by atoms with E-state index in [1.54, 1.807) is 0 Å². The standard InChI is InChI=1S/C18H25NO4/c1-2-14-9-10-16(23-14)15-4-3-11-19(15)17(20)12-5-7-13(8-6-12)18(21)22/h9-10,12-13,15H,2-8,11H2,1H3,(H,21,22). The number of aryl methyl sites for hydroxylation is 1. The number of amides is 1. The third-order valence-electron chi connectivity index (χ3n) is 5.32. The van der Waals surface area contributed by atoms with Gasteiger partial charge in [-0.1, -0.05) is 6.92 Å². The molecule has 2 aliphatic rings. The van der Waals surface area contributed by atoms with Gasteiger partial charge >= 0.3 is 5.97 Å². The molecule has 1 atom stereocenters. The van der Waals surface area contributed by atoms with Crippen molar-refractivity contribution < 1.29 is 19.1 Å². The molecule has 1 aromatic heterocycles. The van der Waals surface area contributed by atoms with Crippen molar-refractivity contribution in [3.63, 3.8) is 0 Å². The van der Waals surface area contributed by atoms with E-state index in [1.165, 1.54) is 0 Å². The highest BCUT2D eigenvalue weighted by Crippen LogP contribution is 2.37. The molecular formula is C18H25NO4. The van der Waals surface area contributed by atoms with Crippen LogP contribution in [0.2, 0.25) is 0 Å². The number of furan rings is 1. The lowest BCUT2D eigenvalue weighted by Gasteiger charge is -2.31. The van der Waals surface area contributed by atoms with Crippen LogP contribution in [0.4, 0.5) is 0 Å². The van der Waals surface area contributed by atoms with Crippen LogP contribution in [0.3, 0.4) is 0 Å². The maximum absolute atomic E-state index is 12.9. The van der Waals surface area contributed by atoms with Gasteiger partial charge in [-0.25, -0.2) is 0 Å². The molecule has 1 saturated heterocycles. The number of likely N-dealkylation sites (tertiary alicyclic amines) is 1. The number of nitrogens with zero attached hydrogens (tertiary/aromatic N) is 1. The number of hydrogen-bond donors (Lipinski definition) is 1. The fourth-order valence-electron chi connectivity index (χ4n) is 3.91. The van der Waals surface area contributed by atoms with Crippen LogP contribution in [0.25, 0.3) is 0 Å². The van der Waals surface area contributed by atoms with Crippen molar-refractivity contribution in [2.45, 2.75) is 57.9 Å². The zero-order chi connectivity index (χ0) is 16.4. The van der Waals surface area contributed by atoms with Crippen LogP contribution in [-0.4, -0.2) is 28.4 Å². The number of aliphatic carboxylic acids is 1. The van der Waals surface area contributed by atoms with Gasteiger partial charge in [-0.3, -0.25) is 9.59 Å². The van der Waals surface area contributed by atoms with E-state index in [2.05, 4.69) is 6.92 Å². The first kappa shape index (κ1) is 16.1. The van der Waals surface area contributed by atoms with Crippen LogP contribution < -0.4 is 0 Å². The summed E-state index contributed by atoms with van der Waals surface area (Å²) >= 11 is 0. The van der Waals surface area contributed by atoms with Gasteiger partial charge in [0.15, 0.2) is 0 Å². The van der Waals surface area contributed by atoms with Crippen LogP contribution >= 0.6 is 0 Å². The molecule has 0 bridgehead atoms. The SMILES string of the molecule is CCc1ccc(C2CCCN2C(=O)C2CCC(C(=O)O)CC2)o1. The monoisotopic (exact) mass is 319 g/mol. The largest absolute Gasteiger partial charge is 0.481 e. The Morgan fingerprint density at radius 1 is 1.17 bits per heavy atom. The maximum atomic E-state index is 12.9. The minimum atomic E-state index is -0.724. The Bertz CT molecular complexity index is 571. The summed E-state index contributed by atoms with van der Waals surface area (Å²) in [5, 5.41) is 9.08. The van der Waals surface area contributed by atoms with Gasteiger partial charge in [-0.15, -0.1) is 0 Å². The molecule has 3 rings (SSSR count). The first-order valence-corrected chi connectivity index (χ1v) is 8.72. The van der Waals surface area contributed by atoms with Gasteiger partial charge in [0.2, 0.25) is 5.91 Å². The molecule has 126 valence electrons. The first-order chi connectivity index (χ1) is 11.1. The molecule has 2 heterocycles. The number of carbonyl (C=O) groups is 2. The van der Waals surface area contributed by atoms with Crippen molar-refractivity contribution >= 4 is 11.9 Å². The summed E-state index contributed by atoms with van der Waals surface area (Å²) < 4.78 is 5.86. The fourth-order valence-corrected chi connectivity index (χ4v) is 3.91. The van der Waals surface area contributed by atoms with E-state index in [0.717, 1.165) is 37.3 Å². The van der Waals surface area contributed by atoms with Crippen LogP contribution in [0.15, 0.2) is 16.5 Å². The van der Waals surface area contributed by atoms with Gasteiger partial charge in [0, 0.05) is 18.9 Å². The highest BCUT2D eigenvalue weighted by atomic mass is 16.4. The topological polar surface area (TPSA) is 70.8 Å². The number of carboxylic acid groups (broad SMARTS) is 1. The van der Waals surface area contributed by atoms with Crippen LogP contribution in [-0.2, 0) is 16.0 Å². The Labute approximate surface area is 136 Å². The molecule has 1 aliphatic carbocycles. The van der Waals surface area contributed by atoms with Crippen molar-refractivity contribution in [1.29, 1.82) is 0 Å². The third kappa shape index (κ3) is 3.28. The smallest absolute Gasteiger partial charge is 0.306 e. The van der Waals surface area contributed by atoms with Crippen molar-refractivity contribution in [2.24, 2.45) is 11.8 Å². The molecule has 1 aliphatic heterocycles. The number of carboxylic acids is 1. The minimum Gasteiger partial charge on any atom is -0.481 e. The Balaban J connectivity index is 1.65. The fraction of sp³-hybridized carbons (Fsp3) is 0.667. The van der Waals surface area contributed by atoms with Crippen molar-refractivity contribution in [3.8, 4) is 0 Å². The van der Waals surface area contributed by atoms with Gasteiger partial charge in [0.25, 0.3) is 0 Å². The van der Waals surface area contributed by atoms with E-state index in [4.69, 9.17) is 9.52 Å². The summed E-state index contributed by atoms with van der Waals surface area (Å²) in [4.78, 5) is 25.9. The highest BCUT2D eigenvalue weighted by Gasteiger charge is 2.37. The van der Waals surface area contributed by atoms with Gasteiger partial charge < -0.3 is 14.4 Å². The second-order valence-electron chi connectivity index (χ2n) is 6.73. The van der Waals surface area contributed by atoms with E-state index in [9.17, 15) is 9.59 Å². The molecular weight excluding hydrogens is 294 g/mol. The zero-order valence-corrected chi connectivity index (χ0v) is 13.7. The highest BCUT2D eigenvalue weighted by molar-refractivity contribution is 5.80. The van der Waals surface area contributed by atoms with E-state index in [1.807, 2.05) is 17.0 Å². The summed E-state index contributed by atoms with van der Waals surface area (Å²) in [5.74, 6) is 1.02. The summed E-state index contributed by atoms with van der Waals surface area (Å²) in [6.45, 7) is 2.84. The van der Waals surface area contributed by atoms with E-state index >= 15 is 0 Å². The molecule has 5 heteroatoms. The number of carbonyl (C=O) groups excluding carboxylic acids is 1. The lowest BCUT2D eigenvalue weighted by atomic mass is 9.81. The van der Waals surface area contributed by atoms with Crippen molar-refractivity contribution in [2.75, 3.05) is 6.54 Å². The molecule has 5 nitrogen and oxygen atoms in total. The van der Waals surface area contributed by atoms with Gasteiger partial charge in [0.05, 0.1) is 12.0 Å². The second-order valence-corrected chi connectivity index (χ2v) is 6.73. The van der Waals surface area contributed by atoms with E-state index in [-0.39, 0.29) is 23.8 Å². The molecule has 1 unspecified atom stereocenters. The van der Waals surface area contributed by atoms with Crippen LogP contribution in [0.1, 0.15) is 63.0 Å². The molecule has 23 heavy (non-hydrogen) atoms. The van der Waals surface area contributed by atoms with Gasteiger partial charge in [-0.2, -0.15) is 0 Å². The summed E-state index contributed by atoms with van der Waals surface area (Å²) in [6, 6.07) is 4.05. The number of rotatable bonds is 4. The Hall–Kier alpha value is -1.78. The molecule has 1 N–H and O–H groups in total. The lowest BCUT2D eigenvalue weighted by molar-refractivity contribution is -0.146. The quantitative estimate of drug-likeness (QED) is 0.923. The number of hydrogen-bond acceptors (Lipinski definition) is 3. The molecule has 0 aromatic carbocycles. The van der Waals surface area contributed by atoms with E-state index < -0.39 is 5.97 Å². The Kier molecular flexibility index (Phi) is 4.74. The van der Waals surface area contributed by atoms with Crippen molar-refractivity contribution in [3.05, 3.63) is 23.7 Å². The van der Waals surface area contributed by atoms with Gasteiger partial charge in [0.1, 0.15) is 11.5 Å². The van der Waals surface area contributed by atoms with Crippen LogP contribution in [0, 0.1) is 11.8 Å². The molecule has 0 radical (unpaired) electrons. The zero-order valence-electron chi connectivity index (χ0n) is 13.7. The predicted octanol–water partition coefficient (Wildman–Crippen LogP) is 3.40. The Morgan fingerprint density at radius 3 is 2.48 bits per heavy atom. The molecule has 0 spiro atoms. The summed E-state index contributed by atoms with van der Waals surface area (Å²) in [7, 11) is 0. The maximum Gasteiger partial charge on any atom is 0.306 e. The molecule has 1 amide bonds. The van der Waals surface area contributed by atoms with E-state index in [0.29, 0.717) is 25.7 Å². The normalized spacial score (nSPS) is 28.0. The summed E-state index contributed by atoms with van der Waals surface area (Å²) in [5.41, 5.74) is 0. The molecule has 2 fully saturated rings. The van der Waals surface area contributed by atoms with Gasteiger partial charge in [-0.05, 0) is 50.7 Å². The lowest BCUT2D eigenvalue weighted by Crippen LogP contribution is -2.38. The minimum absolute atomic E-state index is 0.0215. The summed E-state index contributed by atoms with van der Waals surface area (Å²) in [6.07, 6.45) is 5.43. The first-order valence-electron chi connectivity index (χ1n) is 8.72. The van der Waals surface area contributed by atoms with Crippen LogP contribution in [0.5, 0.6) is 0 Å². The molecule has 1 saturated carbocycles. The average molecular weight is 319 g/mol. The Morgan fingerprint density at radius 2 is 1.87 bits per heavy atom. The van der Waals surface area contributed by atoms with Crippen molar-refractivity contribution in [1.82, 2.24) is 4.90 Å². The average Bonchev–Trinajstić information content (AvgIpc) is 3.22. The predicted molar refractivity (Wildman–Crippen MR) is 84.9 cm³/mol. The second kappa shape index (κ2) is 6.77. The molecule has 1 aromatic rings. The third-order valence-corrected chi connectivity index (χ3v) is 5.32.